The zero-order valence-electron chi connectivity index (χ0n) is 8.77. The average Bonchev–Trinajstić information content (AvgIpc) is 2.96. The molecule has 0 spiro atoms. The summed E-state index contributed by atoms with van der Waals surface area (Å²) < 4.78 is 5.10. The predicted octanol–water partition coefficient (Wildman–Crippen LogP) is 1.18. The molecular formula is C11H15NO3. The van der Waals surface area contributed by atoms with Gasteiger partial charge in [0.1, 0.15) is 12.0 Å². The highest BCUT2D eigenvalue weighted by atomic mass is 16.3. The Morgan fingerprint density at radius 3 is 2.87 bits per heavy atom. The van der Waals surface area contributed by atoms with Gasteiger partial charge in [-0.15, -0.1) is 0 Å². The van der Waals surface area contributed by atoms with E-state index in [1.54, 1.807) is 11.0 Å². The van der Waals surface area contributed by atoms with E-state index in [9.17, 15) is 4.79 Å². The summed E-state index contributed by atoms with van der Waals surface area (Å²) in [5.41, 5.74) is 0.577. The Labute approximate surface area is 88.5 Å². The molecule has 1 aliphatic rings. The van der Waals surface area contributed by atoms with Crippen molar-refractivity contribution in [2.24, 2.45) is 0 Å². The second-order valence-corrected chi connectivity index (χ2v) is 3.90. The molecule has 15 heavy (non-hydrogen) atoms. The van der Waals surface area contributed by atoms with Gasteiger partial charge in [-0.2, -0.15) is 0 Å². The van der Waals surface area contributed by atoms with E-state index in [0.717, 1.165) is 18.6 Å². The van der Waals surface area contributed by atoms with Crippen molar-refractivity contribution in [3.63, 3.8) is 0 Å². The molecule has 82 valence electrons. The fourth-order valence-electron chi connectivity index (χ4n) is 1.67. The van der Waals surface area contributed by atoms with Gasteiger partial charge in [-0.05, 0) is 25.8 Å². The molecule has 0 unspecified atom stereocenters. The quantitative estimate of drug-likeness (QED) is 0.810. The highest BCUT2D eigenvalue weighted by Gasteiger charge is 2.32. The van der Waals surface area contributed by atoms with Gasteiger partial charge in [0, 0.05) is 12.6 Å². The molecule has 1 N–H and O–H groups in total. The molecule has 0 aliphatic heterocycles. The minimum atomic E-state index is -0.0385. The van der Waals surface area contributed by atoms with E-state index in [-0.39, 0.29) is 12.5 Å². The molecule has 1 amide bonds. The van der Waals surface area contributed by atoms with Crippen molar-refractivity contribution in [1.82, 2.24) is 4.90 Å². The number of aliphatic hydroxyl groups excluding tert-OH is 1. The number of aryl methyl sites for hydroxylation is 1. The van der Waals surface area contributed by atoms with Crippen LogP contribution in [0.3, 0.4) is 0 Å². The normalized spacial score (nSPS) is 15.3. The van der Waals surface area contributed by atoms with Crippen molar-refractivity contribution in [1.29, 1.82) is 0 Å². The topological polar surface area (TPSA) is 53.7 Å². The van der Waals surface area contributed by atoms with E-state index in [1.165, 1.54) is 6.26 Å². The number of amides is 1. The number of hydrogen-bond acceptors (Lipinski definition) is 3. The lowest BCUT2D eigenvalue weighted by molar-refractivity contribution is 0.0707. The van der Waals surface area contributed by atoms with Crippen molar-refractivity contribution >= 4 is 5.91 Å². The number of hydrogen-bond donors (Lipinski definition) is 1. The Bertz CT molecular complexity index is 354. The lowest BCUT2D eigenvalue weighted by Gasteiger charge is -2.20. The monoisotopic (exact) mass is 209 g/mol. The average molecular weight is 209 g/mol. The van der Waals surface area contributed by atoms with Gasteiger partial charge in [-0.25, -0.2) is 0 Å². The molecule has 0 bridgehead atoms. The highest BCUT2D eigenvalue weighted by Crippen LogP contribution is 2.28. The van der Waals surface area contributed by atoms with E-state index >= 15 is 0 Å². The molecule has 0 saturated heterocycles. The maximum absolute atomic E-state index is 12.0. The molecule has 0 radical (unpaired) electrons. The fourth-order valence-corrected chi connectivity index (χ4v) is 1.67. The second kappa shape index (κ2) is 4.06. The van der Waals surface area contributed by atoms with Crippen molar-refractivity contribution in [3.8, 4) is 0 Å². The summed E-state index contributed by atoms with van der Waals surface area (Å²) in [6, 6.07) is 2.05. The van der Waals surface area contributed by atoms with Crippen LogP contribution in [0, 0.1) is 6.92 Å². The first-order chi connectivity index (χ1) is 7.22. The van der Waals surface area contributed by atoms with Gasteiger partial charge in [-0.3, -0.25) is 4.79 Å². The van der Waals surface area contributed by atoms with Gasteiger partial charge in [0.2, 0.25) is 0 Å². The first kappa shape index (κ1) is 10.2. The SMILES string of the molecule is Cc1cc(C(=O)N(CCO)C2CC2)co1. The first-order valence-electron chi connectivity index (χ1n) is 5.19. The van der Waals surface area contributed by atoms with E-state index in [4.69, 9.17) is 9.52 Å². The molecule has 2 rings (SSSR count). The molecule has 1 aromatic heterocycles. The number of rotatable bonds is 4. The lowest BCUT2D eigenvalue weighted by atomic mass is 10.2. The van der Waals surface area contributed by atoms with Gasteiger partial charge in [0.15, 0.2) is 0 Å². The number of furan rings is 1. The Morgan fingerprint density at radius 1 is 1.67 bits per heavy atom. The van der Waals surface area contributed by atoms with Crippen LogP contribution in [0.4, 0.5) is 0 Å². The van der Waals surface area contributed by atoms with Crippen LogP contribution in [0.25, 0.3) is 0 Å². The maximum Gasteiger partial charge on any atom is 0.257 e. The predicted molar refractivity (Wildman–Crippen MR) is 54.6 cm³/mol. The summed E-state index contributed by atoms with van der Waals surface area (Å²) >= 11 is 0. The second-order valence-electron chi connectivity index (χ2n) is 3.90. The number of carbonyl (C=O) groups excluding carboxylic acids is 1. The lowest BCUT2D eigenvalue weighted by Crippen LogP contribution is -2.35. The van der Waals surface area contributed by atoms with Crippen LogP contribution in [-0.4, -0.2) is 35.1 Å². The third-order valence-electron chi connectivity index (χ3n) is 2.57. The number of aliphatic hydroxyl groups is 1. The molecule has 4 nitrogen and oxygen atoms in total. The number of nitrogens with zero attached hydrogens (tertiary/aromatic N) is 1. The maximum atomic E-state index is 12.0. The Hall–Kier alpha value is -1.29. The van der Waals surface area contributed by atoms with Gasteiger partial charge < -0.3 is 14.4 Å². The van der Waals surface area contributed by atoms with E-state index in [0.29, 0.717) is 18.2 Å². The Balaban J connectivity index is 2.10. The van der Waals surface area contributed by atoms with Crippen LogP contribution in [0.2, 0.25) is 0 Å². The van der Waals surface area contributed by atoms with Gasteiger partial charge >= 0.3 is 0 Å². The summed E-state index contributed by atoms with van der Waals surface area (Å²) in [7, 11) is 0. The third kappa shape index (κ3) is 2.21. The van der Waals surface area contributed by atoms with Crippen LogP contribution < -0.4 is 0 Å². The van der Waals surface area contributed by atoms with Crippen LogP contribution in [-0.2, 0) is 0 Å². The zero-order valence-corrected chi connectivity index (χ0v) is 8.77. The largest absolute Gasteiger partial charge is 0.469 e. The number of carbonyl (C=O) groups is 1. The van der Waals surface area contributed by atoms with Gasteiger partial charge in [-0.1, -0.05) is 0 Å². The molecule has 1 heterocycles. The summed E-state index contributed by atoms with van der Waals surface area (Å²) in [6.45, 7) is 2.23. The van der Waals surface area contributed by atoms with Crippen molar-refractivity contribution in [2.45, 2.75) is 25.8 Å². The first-order valence-corrected chi connectivity index (χ1v) is 5.19. The Morgan fingerprint density at radius 2 is 2.40 bits per heavy atom. The molecular weight excluding hydrogens is 194 g/mol. The van der Waals surface area contributed by atoms with Crippen LogP contribution >= 0.6 is 0 Å². The van der Waals surface area contributed by atoms with Crippen molar-refractivity contribution < 1.29 is 14.3 Å². The van der Waals surface area contributed by atoms with Crippen molar-refractivity contribution in [2.75, 3.05) is 13.2 Å². The van der Waals surface area contributed by atoms with E-state index in [1.807, 2.05) is 6.92 Å². The van der Waals surface area contributed by atoms with Crippen LogP contribution in [0.1, 0.15) is 29.0 Å². The minimum Gasteiger partial charge on any atom is -0.469 e. The van der Waals surface area contributed by atoms with Gasteiger partial charge in [0.25, 0.3) is 5.91 Å². The van der Waals surface area contributed by atoms with E-state index < -0.39 is 0 Å². The third-order valence-corrected chi connectivity index (χ3v) is 2.57. The summed E-state index contributed by atoms with van der Waals surface area (Å²) in [5.74, 6) is 0.696. The fraction of sp³-hybridized carbons (Fsp3) is 0.545. The summed E-state index contributed by atoms with van der Waals surface area (Å²) in [4.78, 5) is 13.7. The molecule has 1 saturated carbocycles. The zero-order chi connectivity index (χ0) is 10.8. The molecule has 1 aromatic rings. The standard InChI is InChI=1S/C11H15NO3/c1-8-6-9(7-15-8)11(14)12(4-5-13)10-2-3-10/h6-7,10,13H,2-5H2,1H3. The molecule has 0 aromatic carbocycles. The van der Waals surface area contributed by atoms with E-state index in [2.05, 4.69) is 0 Å². The Kier molecular flexibility index (Phi) is 2.77. The van der Waals surface area contributed by atoms with Crippen LogP contribution in [0.5, 0.6) is 0 Å². The highest BCUT2D eigenvalue weighted by molar-refractivity contribution is 5.94. The summed E-state index contributed by atoms with van der Waals surface area (Å²) in [6.07, 6.45) is 3.57. The molecule has 1 fully saturated rings. The van der Waals surface area contributed by atoms with Crippen LogP contribution in [0.15, 0.2) is 16.7 Å². The summed E-state index contributed by atoms with van der Waals surface area (Å²) in [5, 5.41) is 8.90. The molecule has 4 heteroatoms. The smallest absolute Gasteiger partial charge is 0.257 e. The van der Waals surface area contributed by atoms with Gasteiger partial charge in [0.05, 0.1) is 12.2 Å². The molecule has 1 aliphatic carbocycles. The minimum absolute atomic E-state index is 0.0130. The van der Waals surface area contributed by atoms with Crippen molar-refractivity contribution in [3.05, 3.63) is 23.7 Å². The molecule has 0 atom stereocenters.